The van der Waals surface area contributed by atoms with Crippen LogP contribution in [0.5, 0.6) is 0 Å². The quantitative estimate of drug-likeness (QED) is 0.783. The van der Waals surface area contributed by atoms with Gasteiger partial charge in [0.1, 0.15) is 0 Å². The lowest BCUT2D eigenvalue weighted by Gasteiger charge is -2.20. The van der Waals surface area contributed by atoms with E-state index in [0.29, 0.717) is 18.5 Å². The summed E-state index contributed by atoms with van der Waals surface area (Å²) >= 11 is 0. The van der Waals surface area contributed by atoms with Crippen LogP contribution in [0.2, 0.25) is 0 Å². The molecule has 0 aliphatic rings. The number of unbranched alkanes of at least 4 members (excludes halogenated alkanes) is 1. The van der Waals surface area contributed by atoms with E-state index >= 15 is 0 Å². The van der Waals surface area contributed by atoms with Crippen molar-refractivity contribution in [3.05, 3.63) is 18.2 Å². The summed E-state index contributed by atoms with van der Waals surface area (Å²) in [5, 5.41) is 0. The van der Waals surface area contributed by atoms with Crippen LogP contribution in [-0.2, 0) is 0 Å². The molecule has 0 fully saturated rings. The van der Waals surface area contributed by atoms with Crippen molar-refractivity contribution in [1.29, 1.82) is 0 Å². The van der Waals surface area contributed by atoms with Gasteiger partial charge < -0.3 is 10.3 Å². The van der Waals surface area contributed by atoms with Gasteiger partial charge in [-0.3, -0.25) is 0 Å². The normalized spacial score (nSPS) is 13.4. The Morgan fingerprint density at radius 3 is 2.73 bits per heavy atom. The molecule has 3 nitrogen and oxygen atoms in total. The standard InChI is InChI=1S/C12H23N3/c1-4-5-6-11(7-13)15-9-14-8-12(15)10(2)3/h8-11H,4-7,13H2,1-3H3. The Kier molecular flexibility index (Phi) is 4.82. The number of nitrogens with two attached hydrogens (primary N) is 1. The maximum absolute atomic E-state index is 5.83. The highest BCUT2D eigenvalue weighted by atomic mass is 15.1. The molecule has 2 N–H and O–H groups in total. The third-order valence-electron chi connectivity index (χ3n) is 2.84. The Hall–Kier alpha value is -0.830. The average molecular weight is 209 g/mol. The van der Waals surface area contributed by atoms with Gasteiger partial charge in [0.05, 0.1) is 6.33 Å². The molecule has 1 aromatic heterocycles. The summed E-state index contributed by atoms with van der Waals surface area (Å²) < 4.78 is 2.25. The molecule has 0 aromatic carbocycles. The van der Waals surface area contributed by atoms with Gasteiger partial charge in [-0.05, 0) is 12.3 Å². The van der Waals surface area contributed by atoms with Crippen LogP contribution < -0.4 is 5.73 Å². The van der Waals surface area contributed by atoms with Crippen molar-refractivity contribution in [2.45, 2.75) is 52.0 Å². The molecule has 0 radical (unpaired) electrons. The van der Waals surface area contributed by atoms with Crippen molar-refractivity contribution in [1.82, 2.24) is 9.55 Å². The molecule has 0 aliphatic carbocycles. The predicted molar refractivity (Wildman–Crippen MR) is 63.9 cm³/mol. The number of hydrogen-bond acceptors (Lipinski definition) is 2. The van der Waals surface area contributed by atoms with Gasteiger partial charge in [-0.25, -0.2) is 4.98 Å². The van der Waals surface area contributed by atoms with Crippen LogP contribution in [0.4, 0.5) is 0 Å². The second-order valence-corrected chi connectivity index (χ2v) is 4.41. The smallest absolute Gasteiger partial charge is 0.0951 e. The van der Waals surface area contributed by atoms with Crippen LogP contribution in [0.3, 0.4) is 0 Å². The Balaban J connectivity index is 2.76. The van der Waals surface area contributed by atoms with Gasteiger partial charge in [0.25, 0.3) is 0 Å². The molecular weight excluding hydrogens is 186 g/mol. The SMILES string of the molecule is CCCCC(CN)n1cncc1C(C)C. The minimum absolute atomic E-state index is 0.421. The van der Waals surface area contributed by atoms with Gasteiger partial charge in [-0.2, -0.15) is 0 Å². The fourth-order valence-corrected chi connectivity index (χ4v) is 1.88. The summed E-state index contributed by atoms with van der Waals surface area (Å²) in [7, 11) is 0. The Labute approximate surface area is 92.7 Å². The van der Waals surface area contributed by atoms with E-state index < -0.39 is 0 Å². The second-order valence-electron chi connectivity index (χ2n) is 4.41. The maximum Gasteiger partial charge on any atom is 0.0951 e. The van der Waals surface area contributed by atoms with Gasteiger partial charge in [0.15, 0.2) is 0 Å². The molecule has 0 saturated heterocycles. The molecule has 0 amide bonds. The minimum Gasteiger partial charge on any atom is -0.330 e. The summed E-state index contributed by atoms with van der Waals surface area (Å²) in [6, 6.07) is 0.421. The highest BCUT2D eigenvalue weighted by molar-refractivity contribution is 5.05. The molecule has 15 heavy (non-hydrogen) atoms. The molecule has 86 valence electrons. The van der Waals surface area contributed by atoms with E-state index in [0.717, 1.165) is 6.42 Å². The topological polar surface area (TPSA) is 43.8 Å². The second kappa shape index (κ2) is 5.91. The molecule has 0 saturated carbocycles. The Bertz CT molecular complexity index is 278. The highest BCUT2D eigenvalue weighted by Gasteiger charge is 2.13. The fraction of sp³-hybridized carbons (Fsp3) is 0.750. The van der Waals surface area contributed by atoms with Gasteiger partial charge >= 0.3 is 0 Å². The predicted octanol–water partition coefficient (Wildman–Crippen LogP) is 2.70. The third-order valence-corrected chi connectivity index (χ3v) is 2.84. The summed E-state index contributed by atoms with van der Waals surface area (Å²) in [5.41, 5.74) is 7.12. The number of aromatic nitrogens is 2. The Morgan fingerprint density at radius 1 is 1.47 bits per heavy atom. The van der Waals surface area contributed by atoms with Crippen molar-refractivity contribution in [2.75, 3.05) is 6.54 Å². The van der Waals surface area contributed by atoms with Gasteiger partial charge in [-0.15, -0.1) is 0 Å². The van der Waals surface area contributed by atoms with Crippen molar-refractivity contribution in [2.24, 2.45) is 5.73 Å². The molecule has 1 unspecified atom stereocenters. The van der Waals surface area contributed by atoms with E-state index in [1.807, 2.05) is 12.5 Å². The Morgan fingerprint density at radius 2 is 2.20 bits per heavy atom. The molecule has 0 aliphatic heterocycles. The van der Waals surface area contributed by atoms with E-state index in [4.69, 9.17) is 5.73 Å². The number of rotatable bonds is 6. The minimum atomic E-state index is 0.421. The van der Waals surface area contributed by atoms with Crippen LogP contribution in [-0.4, -0.2) is 16.1 Å². The zero-order chi connectivity index (χ0) is 11.3. The van der Waals surface area contributed by atoms with E-state index in [2.05, 4.69) is 30.3 Å². The van der Waals surface area contributed by atoms with E-state index in [1.165, 1.54) is 18.5 Å². The lowest BCUT2D eigenvalue weighted by atomic mass is 10.1. The molecule has 1 heterocycles. The summed E-state index contributed by atoms with van der Waals surface area (Å²) in [6.45, 7) is 7.31. The lowest BCUT2D eigenvalue weighted by Crippen LogP contribution is -2.20. The van der Waals surface area contributed by atoms with Crippen LogP contribution in [0.15, 0.2) is 12.5 Å². The van der Waals surface area contributed by atoms with Crippen molar-refractivity contribution >= 4 is 0 Å². The maximum atomic E-state index is 5.83. The molecule has 0 bridgehead atoms. The highest BCUT2D eigenvalue weighted by Crippen LogP contribution is 2.21. The fourth-order valence-electron chi connectivity index (χ4n) is 1.88. The number of imidazole rings is 1. The zero-order valence-corrected chi connectivity index (χ0v) is 10.1. The number of hydrogen-bond donors (Lipinski definition) is 1. The van der Waals surface area contributed by atoms with Crippen molar-refractivity contribution in [3.63, 3.8) is 0 Å². The monoisotopic (exact) mass is 209 g/mol. The summed E-state index contributed by atoms with van der Waals surface area (Å²) in [6.07, 6.45) is 7.49. The first-order valence-corrected chi connectivity index (χ1v) is 5.92. The van der Waals surface area contributed by atoms with Crippen LogP contribution in [0.1, 0.15) is 57.7 Å². The summed E-state index contributed by atoms with van der Waals surface area (Å²) in [5.74, 6) is 0.517. The molecule has 1 rings (SSSR count). The summed E-state index contributed by atoms with van der Waals surface area (Å²) in [4.78, 5) is 4.23. The van der Waals surface area contributed by atoms with Crippen LogP contribution in [0.25, 0.3) is 0 Å². The first kappa shape index (κ1) is 12.2. The molecule has 0 spiro atoms. The van der Waals surface area contributed by atoms with Crippen molar-refractivity contribution in [3.8, 4) is 0 Å². The zero-order valence-electron chi connectivity index (χ0n) is 10.1. The van der Waals surface area contributed by atoms with Crippen LogP contribution in [0, 0.1) is 0 Å². The molecule has 1 atom stereocenters. The van der Waals surface area contributed by atoms with Crippen LogP contribution >= 0.6 is 0 Å². The van der Waals surface area contributed by atoms with Gasteiger partial charge in [0, 0.05) is 24.5 Å². The van der Waals surface area contributed by atoms with Crippen molar-refractivity contribution < 1.29 is 0 Å². The first-order valence-electron chi connectivity index (χ1n) is 5.92. The molecule has 3 heteroatoms. The van der Waals surface area contributed by atoms with Gasteiger partial charge in [-0.1, -0.05) is 33.6 Å². The third kappa shape index (κ3) is 3.06. The van der Waals surface area contributed by atoms with E-state index in [-0.39, 0.29) is 0 Å². The largest absolute Gasteiger partial charge is 0.330 e. The van der Waals surface area contributed by atoms with E-state index in [9.17, 15) is 0 Å². The lowest BCUT2D eigenvalue weighted by molar-refractivity contribution is 0.440. The molecular formula is C12H23N3. The first-order chi connectivity index (χ1) is 7.20. The number of nitrogens with zero attached hydrogens (tertiary/aromatic N) is 2. The van der Waals surface area contributed by atoms with Gasteiger partial charge in [0.2, 0.25) is 0 Å². The average Bonchev–Trinajstić information content (AvgIpc) is 2.68. The van der Waals surface area contributed by atoms with E-state index in [1.54, 1.807) is 0 Å². The molecule has 1 aromatic rings.